The van der Waals surface area contributed by atoms with Gasteiger partial charge in [0.1, 0.15) is 0 Å². The number of anilines is 2. The highest BCUT2D eigenvalue weighted by molar-refractivity contribution is 6.02. The fraction of sp³-hybridized carbons (Fsp3) is 0.400. The summed E-state index contributed by atoms with van der Waals surface area (Å²) in [4.78, 5) is 19.0. The summed E-state index contributed by atoms with van der Waals surface area (Å²) in [6.07, 6.45) is 5.85. The highest BCUT2D eigenvalue weighted by Gasteiger charge is 2.31. The highest BCUT2D eigenvalue weighted by atomic mass is 16.2. The largest absolute Gasteiger partial charge is 0.317 e. The first kappa shape index (κ1) is 16.2. The first-order valence-corrected chi connectivity index (χ1v) is 9.08. The molecule has 1 amide bonds. The summed E-state index contributed by atoms with van der Waals surface area (Å²) in [5, 5.41) is 6.59. The maximum Gasteiger partial charge on any atom is 0.237 e. The van der Waals surface area contributed by atoms with E-state index in [1.54, 1.807) is 12.4 Å². The zero-order valence-electron chi connectivity index (χ0n) is 14.3. The van der Waals surface area contributed by atoms with Crippen LogP contribution in [-0.4, -0.2) is 37.1 Å². The van der Waals surface area contributed by atoms with Gasteiger partial charge in [-0.05, 0) is 61.7 Å². The van der Waals surface area contributed by atoms with Crippen LogP contribution in [0.3, 0.4) is 0 Å². The number of pyridine rings is 1. The molecule has 2 aromatic rings. The zero-order chi connectivity index (χ0) is 17.1. The van der Waals surface area contributed by atoms with Crippen LogP contribution >= 0.6 is 0 Å². The maximum atomic E-state index is 13.0. The van der Waals surface area contributed by atoms with Gasteiger partial charge >= 0.3 is 0 Å². The number of nitrogens with zero attached hydrogens (tertiary/aromatic N) is 2. The standard InChI is InChI=1S/C20H24N4O/c25-20(17-12-23-13-17)24(19-2-1-9-22-14-19)18-5-3-15(4-6-18)16-7-10-21-11-8-16/h1-6,9,14,16-17,21,23H,7-8,10-13H2. The molecule has 0 unspecified atom stereocenters. The van der Waals surface area contributed by atoms with E-state index >= 15 is 0 Å². The monoisotopic (exact) mass is 336 g/mol. The molecular weight excluding hydrogens is 312 g/mol. The van der Waals surface area contributed by atoms with Crippen molar-refractivity contribution in [2.45, 2.75) is 18.8 Å². The normalized spacial score (nSPS) is 18.6. The van der Waals surface area contributed by atoms with Gasteiger partial charge < -0.3 is 10.6 Å². The van der Waals surface area contributed by atoms with E-state index in [9.17, 15) is 4.79 Å². The number of amides is 1. The van der Waals surface area contributed by atoms with Gasteiger partial charge in [0.05, 0.1) is 17.8 Å². The summed E-state index contributed by atoms with van der Waals surface area (Å²) < 4.78 is 0. The van der Waals surface area contributed by atoms with Crippen molar-refractivity contribution in [1.29, 1.82) is 0 Å². The second-order valence-electron chi connectivity index (χ2n) is 6.86. The van der Waals surface area contributed by atoms with Crippen LogP contribution in [0.4, 0.5) is 11.4 Å². The first-order chi connectivity index (χ1) is 12.3. The van der Waals surface area contributed by atoms with E-state index in [0.717, 1.165) is 37.6 Å². The van der Waals surface area contributed by atoms with Crippen LogP contribution in [0.1, 0.15) is 24.3 Å². The van der Waals surface area contributed by atoms with E-state index in [-0.39, 0.29) is 11.8 Å². The van der Waals surface area contributed by atoms with Crippen molar-refractivity contribution in [3.8, 4) is 0 Å². The van der Waals surface area contributed by atoms with Gasteiger partial charge in [-0.25, -0.2) is 0 Å². The smallest absolute Gasteiger partial charge is 0.237 e. The predicted octanol–water partition coefficient (Wildman–Crippen LogP) is 2.43. The second kappa shape index (κ2) is 7.33. The molecule has 2 N–H and O–H groups in total. The minimum Gasteiger partial charge on any atom is -0.317 e. The van der Waals surface area contributed by atoms with Gasteiger partial charge in [-0.2, -0.15) is 0 Å². The number of hydrogen-bond donors (Lipinski definition) is 2. The van der Waals surface area contributed by atoms with Crippen LogP contribution in [0.2, 0.25) is 0 Å². The molecule has 5 heteroatoms. The number of piperidine rings is 1. The molecule has 0 bridgehead atoms. The van der Waals surface area contributed by atoms with Crippen LogP contribution in [0.5, 0.6) is 0 Å². The van der Waals surface area contributed by atoms with Gasteiger partial charge in [0.25, 0.3) is 0 Å². The van der Waals surface area contributed by atoms with Crippen molar-refractivity contribution in [3.05, 3.63) is 54.4 Å². The first-order valence-electron chi connectivity index (χ1n) is 9.08. The molecule has 130 valence electrons. The van der Waals surface area contributed by atoms with E-state index in [1.165, 1.54) is 18.4 Å². The van der Waals surface area contributed by atoms with E-state index in [1.807, 2.05) is 17.0 Å². The Morgan fingerprint density at radius 1 is 1.00 bits per heavy atom. The maximum absolute atomic E-state index is 13.0. The summed E-state index contributed by atoms with van der Waals surface area (Å²) >= 11 is 0. The quantitative estimate of drug-likeness (QED) is 0.900. The van der Waals surface area contributed by atoms with Gasteiger partial charge in [-0.1, -0.05) is 12.1 Å². The zero-order valence-corrected chi connectivity index (χ0v) is 14.3. The van der Waals surface area contributed by atoms with Crippen molar-refractivity contribution in [3.63, 3.8) is 0 Å². The molecule has 5 nitrogen and oxygen atoms in total. The molecule has 3 heterocycles. The Hall–Kier alpha value is -2.24. The summed E-state index contributed by atoms with van der Waals surface area (Å²) in [5.41, 5.74) is 3.12. The van der Waals surface area contributed by atoms with Crippen LogP contribution < -0.4 is 15.5 Å². The van der Waals surface area contributed by atoms with Crippen molar-refractivity contribution in [1.82, 2.24) is 15.6 Å². The lowest BCUT2D eigenvalue weighted by molar-refractivity contribution is -0.123. The lowest BCUT2D eigenvalue weighted by atomic mass is 9.90. The summed E-state index contributed by atoms with van der Waals surface area (Å²) in [7, 11) is 0. The fourth-order valence-electron chi connectivity index (χ4n) is 3.59. The number of carbonyl (C=O) groups is 1. The second-order valence-corrected chi connectivity index (χ2v) is 6.86. The van der Waals surface area contributed by atoms with Crippen molar-refractivity contribution >= 4 is 17.3 Å². The lowest BCUT2D eigenvalue weighted by Gasteiger charge is -2.32. The molecule has 1 aromatic carbocycles. The molecule has 0 saturated carbocycles. The molecule has 0 radical (unpaired) electrons. The predicted molar refractivity (Wildman–Crippen MR) is 99.0 cm³/mol. The number of benzene rings is 1. The average molecular weight is 336 g/mol. The van der Waals surface area contributed by atoms with Gasteiger partial charge in [0.2, 0.25) is 5.91 Å². The van der Waals surface area contributed by atoms with Gasteiger partial charge in [-0.15, -0.1) is 0 Å². The summed E-state index contributed by atoms with van der Waals surface area (Å²) in [5.74, 6) is 0.805. The molecule has 4 rings (SSSR count). The third-order valence-electron chi connectivity index (χ3n) is 5.22. The Kier molecular flexibility index (Phi) is 4.76. The molecule has 2 aliphatic rings. The molecule has 0 spiro atoms. The van der Waals surface area contributed by atoms with Crippen LogP contribution in [0, 0.1) is 5.92 Å². The number of hydrogen-bond acceptors (Lipinski definition) is 4. The van der Waals surface area contributed by atoms with Crippen LogP contribution in [0.25, 0.3) is 0 Å². The summed E-state index contributed by atoms with van der Waals surface area (Å²) in [6, 6.07) is 12.3. The third kappa shape index (κ3) is 3.43. The Labute approximate surface area is 148 Å². The molecule has 2 saturated heterocycles. The molecule has 2 fully saturated rings. The third-order valence-corrected chi connectivity index (χ3v) is 5.22. The van der Waals surface area contributed by atoms with Crippen molar-refractivity contribution in [2.75, 3.05) is 31.1 Å². The van der Waals surface area contributed by atoms with Gasteiger partial charge in [-0.3, -0.25) is 14.7 Å². The number of aromatic nitrogens is 1. The van der Waals surface area contributed by atoms with Crippen LogP contribution in [0.15, 0.2) is 48.8 Å². The average Bonchev–Trinajstić information content (AvgIpc) is 2.63. The van der Waals surface area contributed by atoms with E-state index in [4.69, 9.17) is 0 Å². The van der Waals surface area contributed by atoms with E-state index in [2.05, 4.69) is 39.9 Å². The van der Waals surface area contributed by atoms with Gasteiger partial charge in [0.15, 0.2) is 0 Å². The molecule has 0 aliphatic carbocycles. The topological polar surface area (TPSA) is 57.3 Å². The Morgan fingerprint density at radius 3 is 2.36 bits per heavy atom. The molecule has 0 atom stereocenters. The minimum atomic E-state index is 0.0456. The lowest BCUT2D eigenvalue weighted by Crippen LogP contribution is -2.51. The molecular formula is C20H24N4O. The Bertz CT molecular complexity index is 706. The molecule has 25 heavy (non-hydrogen) atoms. The van der Waals surface area contributed by atoms with Crippen LogP contribution in [-0.2, 0) is 4.79 Å². The molecule has 1 aromatic heterocycles. The SMILES string of the molecule is O=C(C1CNC1)N(c1ccc(C2CCNCC2)cc1)c1cccnc1. The van der Waals surface area contributed by atoms with E-state index in [0.29, 0.717) is 5.92 Å². The number of carbonyl (C=O) groups excluding carboxylic acids is 1. The molecule has 2 aliphatic heterocycles. The number of rotatable bonds is 4. The Balaban J connectivity index is 1.61. The fourth-order valence-corrected chi connectivity index (χ4v) is 3.59. The minimum absolute atomic E-state index is 0.0456. The van der Waals surface area contributed by atoms with Crippen molar-refractivity contribution < 1.29 is 4.79 Å². The van der Waals surface area contributed by atoms with E-state index < -0.39 is 0 Å². The number of nitrogens with one attached hydrogen (secondary N) is 2. The van der Waals surface area contributed by atoms with Crippen molar-refractivity contribution in [2.24, 2.45) is 5.92 Å². The highest BCUT2D eigenvalue weighted by Crippen LogP contribution is 2.31. The van der Waals surface area contributed by atoms with Gasteiger partial charge in [0, 0.05) is 25.0 Å². The Morgan fingerprint density at radius 2 is 1.76 bits per heavy atom. The summed E-state index contributed by atoms with van der Waals surface area (Å²) in [6.45, 7) is 3.67.